The number of amides is 1. The number of anilines is 2. The van der Waals surface area contributed by atoms with E-state index in [0.29, 0.717) is 12.1 Å². The number of fused-ring (bicyclic) bond motifs is 1. The van der Waals surface area contributed by atoms with Gasteiger partial charge in [0.2, 0.25) is 16.0 Å². The second kappa shape index (κ2) is 8.76. The van der Waals surface area contributed by atoms with E-state index >= 15 is 0 Å². The lowest BCUT2D eigenvalue weighted by molar-refractivity contribution is -0.121. The summed E-state index contributed by atoms with van der Waals surface area (Å²) in [7, 11) is 0. The number of carbonyl (C=O) groups is 1. The van der Waals surface area contributed by atoms with E-state index in [1.807, 2.05) is 23.2 Å². The molecule has 1 unspecified atom stereocenters. The fraction of sp³-hybridized carbons (Fsp3) is 0.280. The van der Waals surface area contributed by atoms with E-state index in [4.69, 9.17) is 10.4 Å². The number of benzene rings is 2. The molecule has 0 radical (unpaired) electrons. The maximum atomic E-state index is 13.2. The zero-order valence-corrected chi connectivity index (χ0v) is 19.7. The van der Waals surface area contributed by atoms with Gasteiger partial charge in [0.25, 0.3) is 0 Å². The third-order valence-corrected chi connectivity index (χ3v) is 7.67. The van der Waals surface area contributed by atoms with Crippen LogP contribution < -0.4 is 9.80 Å². The highest BCUT2D eigenvalue weighted by Gasteiger charge is 2.38. The summed E-state index contributed by atoms with van der Waals surface area (Å²) in [6.45, 7) is 3.86. The fourth-order valence-corrected chi connectivity index (χ4v) is 5.71. The van der Waals surface area contributed by atoms with E-state index in [0.717, 1.165) is 59.6 Å². The SMILES string of the molecule is N#Cc1ccc(N2CCC(N3CCN(c4nn5cc(-c6ccc(F)cc6)nc5s4)CC3)C2=O)cc1. The first-order valence-corrected chi connectivity index (χ1v) is 12.3. The first-order chi connectivity index (χ1) is 17.1. The predicted octanol–water partition coefficient (Wildman–Crippen LogP) is 3.40. The molecule has 1 amide bonds. The van der Waals surface area contributed by atoms with Crippen molar-refractivity contribution in [1.82, 2.24) is 19.5 Å². The molecule has 0 saturated carbocycles. The zero-order valence-electron chi connectivity index (χ0n) is 18.8. The van der Waals surface area contributed by atoms with Crippen LogP contribution in [0.3, 0.4) is 0 Å². The Balaban J connectivity index is 1.09. The third-order valence-electron chi connectivity index (χ3n) is 6.68. The Labute approximate surface area is 205 Å². The molecule has 2 saturated heterocycles. The number of hydrogen-bond acceptors (Lipinski definition) is 7. The number of hydrogen-bond donors (Lipinski definition) is 0. The molecular weight excluding hydrogens is 465 g/mol. The van der Waals surface area contributed by atoms with Gasteiger partial charge in [0.15, 0.2) is 0 Å². The number of imidazole rings is 1. The largest absolute Gasteiger partial charge is 0.344 e. The monoisotopic (exact) mass is 487 g/mol. The summed E-state index contributed by atoms with van der Waals surface area (Å²) >= 11 is 1.53. The van der Waals surface area contributed by atoms with Gasteiger partial charge in [-0.25, -0.2) is 13.9 Å². The summed E-state index contributed by atoms with van der Waals surface area (Å²) < 4.78 is 15.0. The number of nitriles is 1. The van der Waals surface area contributed by atoms with Crippen molar-refractivity contribution >= 4 is 33.0 Å². The van der Waals surface area contributed by atoms with Crippen LogP contribution in [0.1, 0.15) is 12.0 Å². The van der Waals surface area contributed by atoms with Gasteiger partial charge in [0.05, 0.1) is 29.6 Å². The highest BCUT2D eigenvalue weighted by Crippen LogP contribution is 2.29. The second-order valence-electron chi connectivity index (χ2n) is 8.72. The van der Waals surface area contributed by atoms with Gasteiger partial charge in [-0.15, -0.1) is 5.10 Å². The molecule has 0 N–H and O–H groups in total. The Morgan fingerprint density at radius 1 is 1.00 bits per heavy atom. The summed E-state index contributed by atoms with van der Waals surface area (Å²) in [6, 6.07) is 15.5. The Hall–Kier alpha value is -3.81. The van der Waals surface area contributed by atoms with Gasteiger partial charge in [-0.2, -0.15) is 5.26 Å². The van der Waals surface area contributed by atoms with Crippen molar-refractivity contribution in [3.05, 3.63) is 66.1 Å². The number of rotatable bonds is 4. The van der Waals surface area contributed by atoms with Gasteiger partial charge in [0, 0.05) is 44.0 Å². The minimum Gasteiger partial charge on any atom is -0.344 e. The minimum absolute atomic E-state index is 0.111. The van der Waals surface area contributed by atoms with Crippen LogP contribution in [0.25, 0.3) is 16.2 Å². The van der Waals surface area contributed by atoms with E-state index < -0.39 is 0 Å². The van der Waals surface area contributed by atoms with Crippen molar-refractivity contribution in [2.24, 2.45) is 0 Å². The fourth-order valence-electron chi connectivity index (χ4n) is 4.78. The maximum absolute atomic E-state index is 13.2. The molecule has 2 aliphatic heterocycles. The van der Waals surface area contributed by atoms with Crippen molar-refractivity contribution in [3.8, 4) is 17.3 Å². The van der Waals surface area contributed by atoms with E-state index in [1.165, 1.54) is 23.5 Å². The highest BCUT2D eigenvalue weighted by molar-refractivity contribution is 7.20. The first-order valence-electron chi connectivity index (χ1n) is 11.5. The lowest BCUT2D eigenvalue weighted by Crippen LogP contribution is -2.52. The van der Waals surface area contributed by atoms with Gasteiger partial charge in [-0.1, -0.05) is 11.3 Å². The van der Waals surface area contributed by atoms with Crippen LogP contribution in [0.15, 0.2) is 54.7 Å². The topological polar surface area (TPSA) is 80.8 Å². The van der Waals surface area contributed by atoms with Crippen LogP contribution >= 0.6 is 11.3 Å². The van der Waals surface area contributed by atoms with Crippen molar-refractivity contribution < 1.29 is 9.18 Å². The minimum atomic E-state index is -0.268. The normalized spacial score (nSPS) is 19.0. The molecule has 2 aromatic heterocycles. The molecule has 176 valence electrons. The summed E-state index contributed by atoms with van der Waals surface area (Å²) in [6.07, 6.45) is 2.67. The Morgan fingerprint density at radius 3 is 2.43 bits per heavy atom. The maximum Gasteiger partial charge on any atom is 0.244 e. The highest BCUT2D eigenvalue weighted by atomic mass is 32.1. The number of piperazine rings is 1. The lowest BCUT2D eigenvalue weighted by Gasteiger charge is -2.36. The molecule has 0 aliphatic carbocycles. The van der Waals surface area contributed by atoms with Crippen LogP contribution in [0.5, 0.6) is 0 Å². The van der Waals surface area contributed by atoms with Crippen molar-refractivity contribution in [2.75, 3.05) is 42.5 Å². The number of aromatic nitrogens is 3. The van der Waals surface area contributed by atoms with Gasteiger partial charge < -0.3 is 9.80 Å². The van der Waals surface area contributed by atoms with E-state index in [2.05, 4.69) is 20.9 Å². The smallest absolute Gasteiger partial charge is 0.244 e. The number of halogens is 1. The Bertz CT molecular complexity index is 1380. The Morgan fingerprint density at radius 2 is 1.74 bits per heavy atom. The molecule has 2 aromatic carbocycles. The van der Waals surface area contributed by atoms with Crippen LogP contribution in [0.2, 0.25) is 0 Å². The molecule has 4 heterocycles. The summed E-state index contributed by atoms with van der Waals surface area (Å²) in [5.74, 6) is -0.139. The quantitative estimate of drug-likeness (QED) is 0.439. The standard InChI is InChI=1S/C25H22FN7OS/c26-19-5-3-18(4-6-19)21-16-33-24(28-21)35-25(29-33)31-13-11-30(12-14-31)22-9-10-32(23(22)34)20-7-1-17(15-27)2-8-20/h1-8,16,22H,9-14H2. The molecule has 10 heteroatoms. The molecule has 0 spiro atoms. The summed E-state index contributed by atoms with van der Waals surface area (Å²) in [5.41, 5.74) is 3.07. The van der Waals surface area contributed by atoms with Gasteiger partial charge >= 0.3 is 0 Å². The van der Waals surface area contributed by atoms with Crippen LogP contribution in [-0.2, 0) is 4.79 Å². The molecule has 0 bridgehead atoms. The van der Waals surface area contributed by atoms with Crippen LogP contribution in [-0.4, -0.2) is 64.2 Å². The molecular formula is C25H22FN7OS. The van der Waals surface area contributed by atoms with Gasteiger partial charge in [-0.05, 0) is 55.0 Å². The molecule has 1 atom stereocenters. The average Bonchev–Trinajstić information content (AvgIpc) is 3.58. The first kappa shape index (κ1) is 21.7. The zero-order chi connectivity index (χ0) is 23.9. The lowest BCUT2D eigenvalue weighted by atomic mass is 10.2. The molecule has 6 rings (SSSR count). The predicted molar refractivity (Wildman–Crippen MR) is 132 cm³/mol. The van der Waals surface area contributed by atoms with E-state index in [1.54, 1.807) is 28.8 Å². The summed E-state index contributed by atoms with van der Waals surface area (Å²) in [5, 5.41) is 14.6. The third kappa shape index (κ3) is 4.03. The van der Waals surface area contributed by atoms with Crippen molar-refractivity contribution in [1.29, 1.82) is 5.26 Å². The van der Waals surface area contributed by atoms with E-state index in [-0.39, 0.29) is 17.8 Å². The van der Waals surface area contributed by atoms with Crippen molar-refractivity contribution in [2.45, 2.75) is 12.5 Å². The molecule has 8 nitrogen and oxygen atoms in total. The molecule has 35 heavy (non-hydrogen) atoms. The van der Waals surface area contributed by atoms with E-state index in [9.17, 15) is 9.18 Å². The molecule has 2 aliphatic rings. The number of nitrogens with zero attached hydrogens (tertiary/aromatic N) is 7. The summed E-state index contributed by atoms with van der Waals surface area (Å²) in [4.78, 5) is 24.9. The number of carbonyl (C=O) groups excluding carboxylic acids is 1. The molecule has 4 aromatic rings. The molecule has 2 fully saturated rings. The van der Waals surface area contributed by atoms with Crippen LogP contribution in [0.4, 0.5) is 15.2 Å². The van der Waals surface area contributed by atoms with Gasteiger partial charge in [-0.3, -0.25) is 9.69 Å². The second-order valence-corrected chi connectivity index (χ2v) is 9.66. The van der Waals surface area contributed by atoms with Crippen molar-refractivity contribution in [3.63, 3.8) is 0 Å². The Kier molecular flexibility index (Phi) is 5.43. The average molecular weight is 488 g/mol. The van der Waals surface area contributed by atoms with Crippen LogP contribution in [0, 0.1) is 17.1 Å². The van der Waals surface area contributed by atoms with Gasteiger partial charge in [0.1, 0.15) is 5.82 Å².